The minimum absolute atomic E-state index is 0. The number of carbonyl (C=O) groups is 1. The predicted molar refractivity (Wildman–Crippen MR) is 101 cm³/mol. The number of nitrogens with two attached hydrogens (primary N) is 1. The van der Waals surface area contributed by atoms with Crippen LogP contribution in [0.2, 0.25) is 0 Å². The lowest BCUT2D eigenvalue weighted by Crippen LogP contribution is -2.49. The molecule has 1 atom stereocenters. The van der Waals surface area contributed by atoms with Crippen molar-refractivity contribution < 1.29 is 4.79 Å². The van der Waals surface area contributed by atoms with E-state index in [1.54, 1.807) is 6.07 Å². The molecule has 128 valence electrons. The number of piperazine rings is 1. The molecule has 1 aliphatic rings. The van der Waals surface area contributed by atoms with Gasteiger partial charge in [0.05, 0.1) is 6.04 Å². The van der Waals surface area contributed by atoms with Crippen LogP contribution in [0, 0.1) is 6.92 Å². The molecule has 0 spiro atoms. The molecule has 0 aliphatic carbocycles. The van der Waals surface area contributed by atoms with E-state index < -0.39 is 0 Å². The van der Waals surface area contributed by atoms with E-state index in [9.17, 15) is 4.79 Å². The SMILES string of the molecule is Cc1ccc(N)cc1C(=O)N1CCN(C)CC1c1ccccc1.Cl. The minimum Gasteiger partial charge on any atom is -0.399 e. The molecule has 1 saturated heterocycles. The van der Waals surface area contributed by atoms with Gasteiger partial charge in [0.15, 0.2) is 0 Å². The van der Waals surface area contributed by atoms with Gasteiger partial charge in [-0.1, -0.05) is 36.4 Å². The highest BCUT2D eigenvalue weighted by Gasteiger charge is 2.31. The molecule has 2 aromatic carbocycles. The fraction of sp³-hybridized carbons (Fsp3) is 0.316. The van der Waals surface area contributed by atoms with E-state index in [0.29, 0.717) is 11.3 Å². The highest BCUT2D eigenvalue weighted by Crippen LogP contribution is 2.27. The summed E-state index contributed by atoms with van der Waals surface area (Å²) in [5, 5.41) is 0. The van der Waals surface area contributed by atoms with Crippen LogP contribution in [0.5, 0.6) is 0 Å². The maximum atomic E-state index is 13.1. The van der Waals surface area contributed by atoms with Gasteiger partial charge < -0.3 is 15.5 Å². The fourth-order valence-corrected chi connectivity index (χ4v) is 3.15. The third-order valence-electron chi connectivity index (χ3n) is 4.52. The smallest absolute Gasteiger partial charge is 0.254 e. The van der Waals surface area contributed by atoms with Crippen LogP contribution in [0.25, 0.3) is 0 Å². The molecular weight excluding hydrogens is 322 g/mol. The number of nitrogens with zero attached hydrogens (tertiary/aromatic N) is 2. The largest absolute Gasteiger partial charge is 0.399 e. The molecule has 24 heavy (non-hydrogen) atoms. The number of nitrogen functional groups attached to an aromatic ring is 1. The van der Waals surface area contributed by atoms with Crippen molar-refractivity contribution in [2.75, 3.05) is 32.4 Å². The molecule has 5 heteroatoms. The Hall–Kier alpha value is -2.04. The summed E-state index contributed by atoms with van der Waals surface area (Å²) in [6, 6.07) is 15.9. The standard InChI is InChI=1S/C19H23N3O.ClH/c1-14-8-9-16(20)12-17(14)19(23)22-11-10-21(2)13-18(22)15-6-4-3-5-7-15;/h3-9,12,18H,10-11,13,20H2,1-2H3;1H. The van der Waals surface area contributed by atoms with E-state index in [1.165, 1.54) is 5.56 Å². The summed E-state index contributed by atoms with van der Waals surface area (Å²) in [7, 11) is 2.10. The molecule has 0 aromatic heterocycles. The van der Waals surface area contributed by atoms with Gasteiger partial charge in [-0.3, -0.25) is 4.79 Å². The first-order valence-corrected chi connectivity index (χ1v) is 7.97. The number of hydrogen-bond acceptors (Lipinski definition) is 3. The third kappa shape index (κ3) is 3.71. The van der Waals surface area contributed by atoms with Crippen molar-refractivity contribution in [3.05, 3.63) is 65.2 Å². The van der Waals surface area contributed by atoms with E-state index in [-0.39, 0.29) is 24.4 Å². The summed E-state index contributed by atoms with van der Waals surface area (Å²) < 4.78 is 0. The Labute approximate surface area is 149 Å². The molecule has 3 rings (SSSR count). The van der Waals surface area contributed by atoms with Crippen molar-refractivity contribution in [2.45, 2.75) is 13.0 Å². The van der Waals surface area contributed by atoms with Gasteiger partial charge in [0.2, 0.25) is 0 Å². The van der Waals surface area contributed by atoms with E-state index >= 15 is 0 Å². The second-order valence-electron chi connectivity index (χ2n) is 6.26. The topological polar surface area (TPSA) is 49.6 Å². The molecule has 2 N–H and O–H groups in total. The average Bonchev–Trinajstić information content (AvgIpc) is 2.57. The molecule has 1 heterocycles. The number of hydrogen-bond donors (Lipinski definition) is 1. The Morgan fingerprint density at radius 3 is 2.54 bits per heavy atom. The number of halogens is 1. The Balaban J connectivity index is 0.00000208. The van der Waals surface area contributed by atoms with Gasteiger partial charge >= 0.3 is 0 Å². The van der Waals surface area contributed by atoms with Crippen molar-refractivity contribution in [1.82, 2.24) is 9.80 Å². The molecule has 1 fully saturated rings. The maximum Gasteiger partial charge on any atom is 0.254 e. The third-order valence-corrected chi connectivity index (χ3v) is 4.52. The molecule has 1 aliphatic heterocycles. The minimum atomic E-state index is 0. The van der Waals surface area contributed by atoms with Crippen molar-refractivity contribution >= 4 is 24.0 Å². The fourth-order valence-electron chi connectivity index (χ4n) is 3.15. The Kier molecular flexibility index (Phi) is 5.86. The highest BCUT2D eigenvalue weighted by atomic mass is 35.5. The van der Waals surface area contributed by atoms with Crippen LogP contribution in [-0.4, -0.2) is 42.4 Å². The Morgan fingerprint density at radius 2 is 1.83 bits per heavy atom. The van der Waals surface area contributed by atoms with Crippen LogP contribution in [0.15, 0.2) is 48.5 Å². The number of benzene rings is 2. The van der Waals surface area contributed by atoms with Gasteiger partial charge in [-0.2, -0.15) is 0 Å². The maximum absolute atomic E-state index is 13.1. The molecule has 1 amide bonds. The molecule has 0 saturated carbocycles. The lowest BCUT2D eigenvalue weighted by Gasteiger charge is -2.40. The molecule has 0 radical (unpaired) electrons. The quantitative estimate of drug-likeness (QED) is 0.851. The summed E-state index contributed by atoms with van der Waals surface area (Å²) in [5.41, 5.74) is 9.36. The second-order valence-corrected chi connectivity index (χ2v) is 6.26. The summed E-state index contributed by atoms with van der Waals surface area (Å²) in [6.07, 6.45) is 0. The van der Waals surface area contributed by atoms with Crippen LogP contribution < -0.4 is 5.73 Å². The van der Waals surface area contributed by atoms with Crippen LogP contribution in [0.4, 0.5) is 5.69 Å². The van der Waals surface area contributed by atoms with E-state index in [1.807, 2.05) is 42.2 Å². The van der Waals surface area contributed by atoms with Gasteiger partial charge in [0.25, 0.3) is 5.91 Å². The zero-order valence-electron chi connectivity index (χ0n) is 14.1. The van der Waals surface area contributed by atoms with Crippen molar-refractivity contribution in [2.24, 2.45) is 0 Å². The van der Waals surface area contributed by atoms with Gasteiger partial charge in [-0.25, -0.2) is 0 Å². The zero-order valence-corrected chi connectivity index (χ0v) is 14.9. The van der Waals surface area contributed by atoms with Crippen molar-refractivity contribution in [3.8, 4) is 0 Å². The van der Waals surface area contributed by atoms with Gasteiger partial charge in [-0.15, -0.1) is 12.4 Å². The first-order chi connectivity index (χ1) is 11.1. The number of anilines is 1. The monoisotopic (exact) mass is 345 g/mol. The van der Waals surface area contributed by atoms with Gasteiger partial charge in [0, 0.05) is 30.9 Å². The molecular formula is C19H24ClN3O. The molecule has 1 unspecified atom stereocenters. The van der Waals surface area contributed by atoms with Crippen LogP contribution in [-0.2, 0) is 0 Å². The lowest BCUT2D eigenvalue weighted by molar-refractivity contribution is 0.0497. The second kappa shape index (κ2) is 7.69. The predicted octanol–water partition coefficient (Wildman–Crippen LogP) is 3.13. The van der Waals surface area contributed by atoms with E-state index in [2.05, 4.69) is 24.1 Å². The lowest BCUT2D eigenvalue weighted by atomic mass is 9.99. The zero-order chi connectivity index (χ0) is 16.4. The Morgan fingerprint density at radius 1 is 1.12 bits per heavy atom. The van der Waals surface area contributed by atoms with Crippen LogP contribution in [0.3, 0.4) is 0 Å². The number of likely N-dealkylation sites (N-methyl/N-ethyl adjacent to an activating group) is 1. The normalized spacial score (nSPS) is 18.1. The first-order valence-electron chi connectivity index (χ1n) is 7.97. The first kappa shape index (κ1) is 18.3. The number of amides is 1. The summed E-state index contributed by atoms with van der Waals surface area (Å²) in [4.78, 5) is 17.4. The van der Waals surface area contributed by atoms with Gasteiger partial charge in [0.1, 0.15) is 0 Å². The molecule has 4 nitrogen and oxygen atoms in total. The Bertz CT molecular complexity index is 705. The van der Waals surface area contributed by atoms with Crippen LogP contribution >= 0.6 is 12.4 Å². The van der Waals surface area contributed by atoms with Gasteiger partial charge in [-0.05, 0) is 37.2 Å². The van der Waals surface area contributed by atoms with E-state index in [0.717, 1.165) is 25.2 Å². The average molecular weight is 346 g/mol. The summed E-state index contributed by atoms with van der Waals surface area (Å²) in [5.74, 6) is 0.0664. The molecule has 2 aromatic rings. The van der Waals surface area contributed by atoms with E-state index in [4.69, 9.17) is 5.73 Å². The van der Waals surface area contributed by atoms with Crippen molar-refractivity contribution in [3.63, 3.8) is 0 Å². The summed E-state index contributed by atoms with van der Waals surface area (Å²) >= 11 is 0. The highest BCUT2D eigenvalue weighted by molar-refractivity contribution is 5.96. The number of aryl methyl sites for hydroxylation is 1. The number of rotatable bonds is 2. The number of carbonyl (C=O) groups excluding carboxylic acids is 1. The molecule has 0 bridgehead atoms. The summed E-state index contributed by atoms with van der Waals surface area (Å²) in [6.45, 7) is 4.41. The van der Waals surface area contributed by atoms with Crippen LogP contribution in [0.1, 0.15) is 27.5 Å². The van der Waals surface area contributed by atoms with Crippen molar-refractivity contribution in [1.29, 1.82) is 0 Å².